The van der Waals surface area contributed by atoms with E-state index >= 15 is 0 Å². The highest BCUT2D eigenvalue weighted by Gasteiger charge is 2.12. The minimum Gasteiger partial charge on any atom is -0.383 e. The quantitative estimate of drug-likeness (QED) is 0.623. The Labute approximate surface area is 100.0 Å². The molecule has 0 bridgehead atoms. The van der Waals surface area contributed by atoms with Crippen molar-refractivity contribution in [1.29, 1.82) is 5.41 Å². The van der Waals surface area contributed by atoms with Crippen molar-refractivity contribution in [3.8, 4) is 0 Å². The van der Waals surface area contributed by atoms with E-state index in [9.17, 15) is 0 Å². The molecule has 0 aromatic carbocycles. The standard InChI is InChI=1S/C11H18N4S/c12-11(13)9-7-14-10(16-9)8-15-5-3-1-2-4-6-15/h7H,1-6,8H2,(H3,12,13). The largest absolute Gasteiger partial charge is 0.383 e. The van der Waals surface area contributed by atoms with Gasteiger partial charge in [0.05, 0.1) is 11.4 Å². The minimum absolute atomic E-state index is 0.125. The van der Waals surface area contributed by atoms with Crippen LogP contribution in [0.15, 0.2) is 6.20 Å². The number of hydrogen-bond donors (Lipinski definition) is 2. The van der Waals surface area contributed by atoms with Gasteiger partial charge >= 0.3 is 0 Å². The number of nitrogens with one attached hydrogen (secondary N) is 1. The van der Waals surface area contributed by atoms with Crippen LogP contribution in [-0.4, -0.2) is 28.8 Å². The van der Waals surface area contributed by atoms with Crippen molar-refractivity contribution in [1.82, 2.24) is 9.88 Å². The second-order valence-electron chi connectivity index (χ2n) is 4.22. The molecule has 1 aromatic heterocycles. The summed E-state index contributed by atoms with van der Waals surface area (Å²) in [5, 5.41) is 8.41. The maximum absolute atomic E-state index is 7.34. The van der Waals surface area contributed by atoms with Crippen LogP contribution < -0.4 is 5.73 Å². The number of aromatic nitrogens is 1. The Kier molecular flexibility index (Phi) is 3.90. The maximum atomic E-state index is 7.34. The van der Waals surface area contributed by atoms with Crippen LogP contribution >= 0.6 is 11.3 Å². The highest BCUT2D eigenvalue weighted by atomic mass is 32.1. The Morgan fingerprint density at radius 1 is 1.38 bits per heavy atom. The second-order valence-corrected chi connectivity index (χ2v) is 5.34. The number of thiazole rings is 1. The smallest absolute Gasteiger partial charge is 0.134 e. The van der Waals surface area contributed by atoms with Gasteiger partial charge in [0.2, 0.25) is 0 Å². The lowest BCUT2D eigenvalue weighted by molar-refractivity contribution is 0.276. The van der Waals surface area contributed by atoms with Crippen LogP contribution in [0.2, 0.25) is 0 Å². The zero-order valence-corrected chi connectivity index (χ0v) is 10.2. The summed E-state index contributed by atoms with van der Waals surface area (Å²) >= 11 is 1.54. The van der Waals surface area contributed by atoms with Gasteiger partial charge in [0.25, 0.3) is 0 Å². The average Bonchev–Trinajstić information content (AvgIpc) is 2.56. The number of nitrogen functional groups attached to an aromatic ring is 1. The number of hydrogen-bond acceptors (Lipinski definition) is 4. The van der Waals surface area contributed by atoms with Crippen LogP contribution in [0, 0.1) is 5.41 Å². The molecule has 0 radical (unpaired) electrons. The number of rotatable bonds is 3. The first-order valence-corrected chi connectivity index (χ1v) is 6.59. The van der Waals surface area contributed by atoms with Gasteiger partial charge in [-0.3, -0.25) is 10.3 Å². The van der Waals surface area contributed by atoms with Crippen molar-refractivity contribution in [2.45, 2.75) is 32.2 Å². The van der Waals surface area contributed by atoms with Gasteiger partial charge in [0.15, 0.2) is 0 Å². The second kappa shape index (κ2) is 5.41. The molecule has 3 N–H and O–H groups in total. The summed E-state index contributed by atoms with van der Waals surface area (Å²) in [6.45, 7) is 3.27. The summed E-state index contributed by atoms with van der Waals surface area (Å²) in [4.78, 5) is 7.55. The molecule has 0 amide bonds. The van der Waals surface area contributed by atoms with Crippen LogP contribution in [0.5, 0.6) is 0 Å². The van der Waals surface area contributed by atoms with Crippen LogP contribution in [-0.2, 0) is 6.54 Å². The highest BCUT2D eigenvalue weighted by Crippen LogP contribution is 2.17. The van der Waals surface area contributed by atoms with Crippen molar-refractivity contribution in [3.63, 3.8) is 0 Å². The topological polar surface area (TPSA) is 66.0 Å². The van der Waals surface area contributed by atoms with Crippen molar-refractivity contribution < 1.29 is 0 Å². The molecule has 2 rings (SSSR count). The molecule has 1 fully saturated rings. The lowest BCUT2D eigenvalue weighted by Crippen LogP contribution is -2.23. The summed E-state index contributed by atoms with van der Waals surface area (Å²) in [6.07, 6.45) is 7.01. The monoisotopic (exact) mass is 238 g/mol. The van der Waals surface area contributed by atoms with Crippen LogP contribution in [0.3, 0.4) is 0 Å². The lowest BCUT2D eigenvalue weighted by atomic mass is 10.2. The molecule has 1 aromatic rings. The summed E-state index contributed by atoms with van der Waals surface area (Å²) in [7, 11) is 0. The first-order valence-electron chi connectivity index (χ1n) is 5.77. The van der Waals surface area contributed by atoms with Gasteiger partial charge in [-0.05, 0) is 25.9 Å². The van der Waals surface area contributed by atoms with Crippen molar-refractivity contribution >= 4 is 17.2 Å². The molecule has 0 spiro atoms. The Bertz CT molecular complexity index is 353. The van der Waals surface area contributed by atoms with Crippen LogP contribution in [0.1, 0.15) is 35.6 Å². The average molecular weight is 238 g/mol. The Hall–Kier alpha value is -0.940. The van der Waals surface area contributed by atoms with Gasteiger partial charge in [0.1, 0.15) is 10.8 Å². The predicted octanol–water partition coefficient (Wildman–Crippen LogP) is 1.80. The molecule has 88 valence electrons. The molecule has 1 saturated heterocycles. The Balaban J connectivity index is 1.94. The molecule has 0 saturated carbocycles. The summed E-state index contributed by atoms with van der Waals surface area (Å²) in [5.41, 5.74) is 5.43. The van der Waals surface area contributed by atoms with Crippen LogP contribution in [0.4, 0.5) is 0 Å². The summed E-state index contributed by atoms with van der Waals surface area (Å²) in [6, 6.07) is 0. The molecule has 0 atom stereocenters. The Morgan fingerprint density at radius 3 is 2.62 bits per heavy atom. The van der Waals surface area contributed by atoms with E-state index in [-0.39, 0.29) is 5.84 Å². The number of nitrogens with two attached hydrogens (primary N) is 1. The molecule has 1 aliphatic heterocycles. The molecule has 2 heterocycles. The fraction of sp³-hybridized carbons (Fsp3) is 0.636. The maximum Gasteiger partial charge on any atom is 0.134 e. The third kappa shape index (κ3) is 3.02. The van der Waals surface area contributed by atoms with Gasteiger partial charge in [-0.15, -0.1) is 11.3 Å². The minimum atomic E-state index is 0.125. The van der Waals surface area contributed by atoms with Gasteiger partial charge in [-0.25, -0.2) is 4.98 Å². The van der Waals surface area contributed by atoms with Crippen LogP contribution in [0.25, 0.3) is 0 Å². The fourth-order valence-electron chi connectivity index (χ4n) is 1.99. The molecule has 16 heavy (non-hydrogen) atoms. The van der Waals surface area contributed by atoms with E-state index < -0.39 is 0 Å². The SMILES string of the molecule is N=C(N)c1cnc(CN2CCCCCC2)s1. The van der Waals surface area contributed by atoms with E-state index in [4.69, 9.17) is 11.1 Å². The third-order valence-electron chi connectivity index (χ3n) is 2.88. The number of nitrogens with zero attached hydrogens (tertiary/aromatic N) is 2. The van der Waals surface area contributed by atoms with E-state index in [0.29, 0.717) is 0 Å². The molecule has 0 aliphatic carbocycles. The lowest BCUT2D eigenvalue weighted by Gasteiger charge is -2.17. The fourth-order valence-corrected chi connectivity index (χ4v) is 2.82. The van der Waals surface area contributed by atoms with Gasteiger partial charge < -0.3 is 5.73 Å². The molecule has 0 unspecified atom stereocenters. The number of amidine groups is 1. The third-order valence-corrected chi connectivity index (χ3v) is 3.89. The van der Waals surface area contributed by atoms with E-state index in [0.717, 1.165) is 16.4 Å². The highest BCUT2D eigenvalue weighted by molar-refractivity contribution is 7.13. The first kappa shape index (κ1) is 11.5. The molecular formula is C11H18N4S. The summed E-state index contributed by atoms with van der Waals surface area (Å²) in [5.74, 6) is 0.125. The van der Waals surface area contributed by atoms with Gasteiger partial charge in [-0.2, -0.15) is 0 Å². The summed E-state index contributed by atoms with van der Waals surface area (Å²) < 4.78 is 0. The van der Waals surface area contributed by atoms with E-state index in [2.05, 4.69) is 9.88 Å². The van der Waals surface area contributed by atoms with Crippen molar-refractivity contribution in [2.75, 3.05) is 13.1 Å². The normalized spacial score (nSPS) is 18.2. The van der Waals surface area contributed by atoms with Crippen molar-refractivity contribution in [3.05, 3.63) is 16.1 Å². The van der Waals surface area contributed by atoms with Crippen molar-refractivity contribution in [2.24, 2.45) is 5.73 Å². The molecule has 5 heteroatoms. The molecule has 4 nitrogen and oxygen atoms in total. The van der Waals surface area contributed by atoms with E-state index in [1.807, 2.05) is 0 Å². The zero-order valence-electron chi connectivity index (χ0n) is 9.41. The molecular weight excluding hydrogens is 220 g/mol. The van der Waals surface area contributed by atoms with Gasteiger partial charge in [-0.1, -0.05) is 12.8 Å². The van der Waals surface area contributed by atoms with E-state index in [1.165, 1.54) is 50.1 Å². The zero-order chi connectivity index (χ0) is 11.4. The Morgan fingerprint density at radius 2 is 2.06 bits per heavy atom. The predicted molar refractivity (Wildman–Crippen MR) is 66.9 cm³/mol. The van der Waals surface area contributed by atoms with Gasteiger partial charge in [0, 0.05) is 6.20 Å². The van der Waals surface area contributed by atoms with E-state index in [1.54, 1.807) is 6.20 Å². The first-order chi connectivity index (χ1) is 7.75. The number of likely N-dealkylation sites (tertiary alicyclic amines) is 1. The molecule has 1 aliphatic rings.